The number of carbonyl (C=O) groups is 4. The van der Waals surface area contributed by atoms with Crippen molar-refractivity contribution >= 4 is 51.7 Å². The minimum atomic E-state index is -2.09. The van der Waals surface area contributed by atoms with Crippen LogP contribution in [0.1, 0.15) is 62.7 Å². The van der Waals surface area contributed by atoms with Crippen LogP contribution in [0.2, 0.25) is 0 Å². The molecule has 0 spiro atoms. The van der Waals surface area contributed by atoms with Gasteiger partial charge in [0.05, 0.1) is 29.3 Å². The standard InChI is InChI=1S/C46H48N6O10/c1-24-16-30(17-25(2)39(24)56)44(59)49-23-37(55)40(57)41-38(50-26(3)53)36(54)20-46(62-41,45(60)61)15-7-10-27-8-6-9-28(18-27)21-48-43(58)29-13-14-34-35(19-29)52-42(51-34)32-22-47-33-12-5-4-11-31(32)33/h4-14,16-19,22,36-38,40-41,47,54-57H,15,20-21,23H2,1-3H3,(H,48,58)(H,49,59)(H,50,53)(H,51,52)(H,60,61)/b10-7+/t36-,37+,38+,40+,41+,46+/m0/s1. The maximum absolute atomic E-state index is 13.2. The van der Waals surface area contributed by atoms with Crippen LogP contribution in [0.15, 0.2) is 91.1 Å². The van der Waals surface area contributed by atoms with Crippen LogP contribution in [0, 0.1) is 13.8 Å². The van der Waals surface area contributed by atoms with Gasteiger partial charge in [-0.05, 0) is 78.6 Å². The molecule has 4 aromatic carbocycles. The SMILES string of the molecule is CC(=O)N[C@H]1[C@H]([C@H](O)[C@H](O)CNC(=O)c2cc(C)c(O)c(C)c2)O[C@@](C/C=C/c2cccc(CNC(=O)c3ccc4nc(-c5c[nH]c6ccccc56)[nH]c4c3)c2)(C(=O)O)C[C@@H]1O. The molecule has 7 rings (SSSR count). The fraction of sp³-hybridized carbons (Fsp3) is 0.283. The minimum Gasteiger partial charge on any atom is -0.507 e. The van der Waals surface area contributed by atoms with Gasteiger partial charge in [-0.15, -0.1) is 0 Å². The van der Waals surface area contributed by atoms with Gasteiger partial charge >= 0.3 is 5.97 Å². The fourth-order valence-electron chi connectivity index (χ4n) is 7.87. The summed E-state index contributed by atoms with van der Waals surface area (Å²) in [5.74, 6) is -2.22. The van der Waals surface area contributed by atoms with Crippen molar-refractivity contribution in [1.82, 2.24) is 30.9 Å². The summed E-state index contributed by atoms with van der Waals surface area (Å²) in [6.45, 7) is 4.13. The maximum atomic E-state index is 13.2. The number of hydrogen-bond donors (Lipinski definition) is 10. The van der Waals surface area contributed by atoms with Gasteiger partial charge in [-0.2, -0.15) is 0 Å². The first kappa shape index (κ1) is 43.2. The van der Waals surface area contributed by atoms with Gasteiger partial charge in [0.1, 0.15) is 23.8 Å². The molecular weight excluding hydrogens is 797 g/mol. The van der Waals surface area contributed by atoms with Crippen LogP contribution in [-0.2, 0) is 20.9 Å². The summed E-state index contributed by atoms with van der Waals surface area (Å²) in [5.41, 5.74) is 4.27. The number of imidazole rings is 1. The molecule has 1 fully saturated rings. The number of aromatic amines is 2. The summed E-state index contributed by atoms with van der Waals surface area (Å²) in [6, 6.07) is 22.0. The lowest BCUT2D eigenvalue weighted by Crippen LogP contribution is -2.67. The summed E-state index contributed by atoms with van der Waals surface area (Å²) in [5, 5.41) is 63.0. The number of carboxylic acid groups (broad SMARTS) is 1. The zero-order chi connectivity index (χ0) is 44.3. The number of hydrogen-bond acceptors (Lipinski definition) is 10. The number of phenols is 1. The van der Waals surface area contributed by atoms with Gasteiger partial charge in [0.25, 0.3) is 11.8 Å². The largest absolute Gasteiger partial charge is 0.507 e. The molecule has 0 radical (unpaired) electrons. The molecule has 62 heavy (non-hydrogen) atoms. The molecule has 6 atom stereocenters. The Hall–Kier alpha value is -6.85. The van der Waals surface area contributed by atoms with Gasteiger partial charge in [0.15, 0.2) is 5.60 Å². The van der Waals surface area contributed by atoms with Crippen molar-refractivity contribution in [3.63, 3.8) is 0 Å². The van der Waals surface area contributed by atoms with Gasteiger partial charge in [-0.3, -0.25) is 14.4 Å². The van der Waals surface area contributed by atoms with E-state index in [4.69, 9.17) is 9.72 Å². The van der Waals surface area contributed by atoms with E-state index in [1.807, 2.05) is 42.6 Å². The van der Waals surface area contributed by atoms with E-state index >= 15 is 0 Å². The van der Waals surface area contributed by atoms with Crippen molar-refractivity contribution in [2.24, 2.45) is 0 Å². The molecule has 322 valence electrons. The summed E-state index contributed by atoms with van der Waals surface area (Å²) in [6.07, 6.45) is -2.35. The number of fused-ring (bicyclic) bond motifs is 2. The number of aromatic nitrogens is 3. The predicted octanol–water partition coefficient (Wildman–Crippen LogP) is 4.00. The monoisotopic (exact) mass is 844 g/mol. The molecule has 16 nitrogen and oxygen atoms in total. The van der Waals surface area contributed by atoms with E-state index in [-0.39, 0.29) is 30.2 Å². The molecule has 16 heteroatoms. The van der Waals surface area contributed by atoms with E-state index in [1.54, 1.807) is 56.3 Å². The molecule has 1 aliphatic rings. The lowest BCUT2D eigenvalue weighted by molar-refractivity contribution is -0.226. The molecule has 6 aromatic rings. The number of rotatable bonds is 14. The van der Waals surface area contributed by atoms with Crippen LogP contribution in [-0.4, -0.2) is 107 Å². The van der Waals surface area contributed by atoms with Crippen LogP contribution >= 0.6 is 0 Å². The Morgan fingerprint density at radius 1 is 0.935 bits per heavy atom. The predicted molar refractivity (Wildman–Crippen MR) is 230 cm³/mol. The van der Waals surface area contributed by atoms with E-state index in [0.717, 1.165) is 22.0 Å². The molecular formula is C46H48N6O10. The van der Waals surface area contributed by atoms with Crippen LogP contribution in [0.3, 0.4) is 0 Å². The van der Waals surface area contributed by atoms with E-state index in [9.17, 15) is 44.7 Å². The van der Waals surface area contributed by atoms with E-state index < -0.39 is 66.8 Å². The molecule has 0 bridgehead atoms. The molecule has 0 aliphatic carbocycles. The Morgan fingerprint density at radius 3 is 2.42 bits per heavy atom. The number of para-hydroxylation sites is 1. The zero-order valence-electron chi connectivity index (χ0n) is 34.2. The Labute approximate surface area is 355 Å². The first-order valence-electron chi connectivity index (χ1n) is 20.0. The van der Waals surface area contributed by atoms with E-state index in [1.165, 1.54) is 19.1 Å². The quantitative estimate of drug-likeness (QED) is 0.0750. The number of benzene rings is 4. The van der Waals surface area contributed by atoms with Crippen molar-refractivity contribution in [3.05, 3.63) is 125 Å². The highest BCUT2D eigenvalue weighted by molar-refractivity contribution is 5.99. The number of carbonyl (C=O) groups excluding carboxylic acids is 3. The number of aromatic hydroxyl groups is 1. The number of aryl methyl sites for hydroxylation is 2. The molecule has 1 saturated heterocycles. The number of carboxylic acids is 1. The zero-order valence-corrected chi connectivity index (χ0v) is 34.2. The van der Waals surface area contributed by atoms with Crippen LogP contribution in [0.5, 0.6) is 5.75 Å². The van der Waals surface area contributed by atoms with Crippen molar-refractivity contribution in [2.45, 2.75) is 76.2 Å². The van der Waals surface area contributed by atoms with Crippen molar-refractivity contribution in [2.75, 3.05) is 6.54 Å². The lowest BCUT2D eigenvalue weighted by Gasteiger charge is -2.47. The topological polar surface area (TPSA) is 259 Å². The molecule has 0 unspecified atom stereocenters. The lowest BCUT2D eigenvalue weighted by atomic mass is 9.81. The summed E-state index contributed by atoms with van der Waals surface area (Å²) < 4.78 is 6.04. The highest BCUT2D eigenvalue weighted by Crippen LogP contribution is 2.36. The molecule has 0 saturated carbocycles. The van der Waals surface area contributed by atoms with E-state index in [0.29, 0.717) is 39.1 Å². The third kappa shape index (κ3) is 9.23. The Morgan fingerprint density at radius 2 is 1.68 bits per heavy atom. The van der Waals surface area contributed by atoms with Crippen LogP contribution in [0.25, 0.3) is 39.4 Å². The molecule has 3 amide bonds. The number of amides is 3. The van der Waals surface area contributed by atoms with Crippen LogP contribution < -0.4 is 16.0 Å². The number of aliphatic hydroxyl groups is 3. The number of nitrogens with zero attached hydrogens (tertiary/aromatic N) is 1. The number of ether oxygens (including phenoxy) is 1. The summed E-state index contributed by atoms with van der Waals surface area (Å²) >= 11 is 0. The highest BCUT2D eigenvalue weighted by Gasteiger charge is 2.54. The van der Waals surface area contributed by atoms with Gasteiger partial charge in [-0.1, -0.05) is 48.6 Å². The van der Waals surface area contributed by atoms with Gasteiger partial charge in [0.2, 0.25) is 5.91 Å². The van der Waals surface area contributed by atoms with Gasteiger partial charge in [-0.25, -0.2) is 9.78 Å². The molecule has 2 aromatic heterocycles. The van der Waals surface area contributed by atoms with Crippen LogP contribution in [0.4, 0.5) is 0 Å². The maximum Gasteiger partial charge on any atom is 0.336 e. The number of aliphatic carboxylic acids is 1. The van der Waals surface area contributed by atoms with Gasteiger partial charge in [0, 0.05) is 66.6 Å². The summed E-state index contributed by atoms with van der Waals surface area (Å²) in [4.78, 5) is 62.4. The number of H-pyrrole nitrogens is 2. The Kier molecular flexibility index (Phi) is 12.6. The van der Waals surface area contributed by atoms with Crippen molar-refractivity contribution in [1.29, 1.82) is 0 Å². The molecule has 3 heterocycles. The smallest absolute Gasteiger partial charge is 0.336 e. The first-order valence-corrected chi connectivity index (χ1v) is 20.0. The second-order valence-corrected chi connectivity index (χ2v) is 15.7. The second-order valence-electron chi connectivity index (χ2n) is 15.7. The number of phenolic OH excluding ortho intramolecular Hbond substituents is 1. The summed E-state index contributed by atoms with van der Waals surface area (Å²) in [7, 11) is 0. The highest BCUT2D eigenvalue weighted by atomic mass is 16.6. The fourth-order valence-corrected chi connectivity index (χ4v) is 7.87. The van der Waals surface area contributed by atoms with Gasteiger partial charge < -0.3 is 56.2 Å². The molecule has 10 N–H and O–H groups in total. The Balaban J connectivity index is 0.996. The average molecular weight is 845 g/mol. The second kappa shape index (κ2) is 18.0. The minimum absolute atomic E-state index is 0.0401. The molecule has 1 aliphatic heterocycles. The first-order chi connectivity index (χ1) is 29.6. The van der Waals surface area contributed by atoms with Crippen molar-refractivity contribution in [3.8, 4) is 17.1 Å². The number of nitrogens with one attached hydrogen (secondary N) is 5. The third-order valence-corrected chi connectivity index (χ3v) is 11.1. The Bertz CT molecular complexity index is 2670. The average Bonchev–Trinajstić information content (AvgIpc) is 3.88. The van der Waals surface area contributed by atoms with Crippen molar-refractivity contribution < 1.29 is 49.4 Å². The normalized spacial score (nSPS) is 19.9. The van der Waals surface area contributed by atoms with E-state index in [2.05, 4.69) is 25.9 Å². The number of aliphatic hydroxyl groups excluding tert-OH is 3. The third-order valence-electron chi connectivity index (χ3n) is 11.1.